The molecule has 1 aromatic heterocycles. The first kappa shape index (κ1) is 12.6. The fourth-order valence-electron chi connectivity index (χ4n) is 1.19. The zero-order valence-corrected chi connectivity index (χ0v) is 9.69. The number of aromatic nitrogens is 2. The van der Waals surface area contributed by atoms with Gasteiger partial charge in [-0.2, -0.15) is 0 Å². The standard InChI is InChI=1S/C11H17N3O2/c1-9-6-14-10(8-13-9)7-12-5-3-4-11(15)16-2/h6,8,12H,3-5,7H2,1-2H3. The molecule has 0 atom stereocenters. The van der Waals surface area contributed by atoms with E-state index in [-0.39, 0.29) is 5.97 Å². The van der Waals surface area contributed by atoms with Crippen LogP contribution in [0.3, 0.4) is 0 Å². The third kappa shape index (κ3) is 4.84. The topological polar surface area (TPSA) is 64.1 Å². The Balaban J connectivity index is 2.11. The van der Waals surface area contributed by atoms with Crippen molar-refractivity contribution in [3.05, 3.63) is 23.8 Å². The second-order valence-corrected chi connectivity index (χ2v) is 3.51. The van der Waals surface area contributed by atoms with Gasteiger partial charge in [0.1, 0.15) is 0 Å². The highest BCUT2D eigenvalue weighted by molar-refractivity contribution is 5.69. The molecule has 0 aromatic carbocycles. The Bertz CT molecular complexity index is 325. The fraction of sp³-hybridized carbons (Fsp3) is 0.545. The number of rotatable bonds is 6. The molecule has 5 heteroatoms. The van der Waals surface area contributed by atoms with Crippen molar-refractivity contribution in [2.24, 2.45) is 0 Å². The van der Waals surface area contributed by atoms with Crippen molar-refractivity contribution in [2.45, 2.75) is 26.3 Å². The first-order valence-corrected chi connectivity index (χ1v) is 5.27. The van der Waals surface area contributed by atoms with Crippen LogP contribution in [-0.2, 0) is 16.1 Å². The summed E-state index contributed by atoms with van der Waals surface area (Å²) in [5, 5.41) is 3.19. The summed E-state index contributed by atoms with van der Waals surface area (Å²) < 4.78 is 4.54. The lowest BCUT2D eigenvalue weighted by atomic mass is 10.3. The lowest BCUT2D eigenvalue weighted by Crippen LogP contribution is -2.17. The van der Waals surface area contributed by atoms with Crippen LogP contribution in [0.2, 0.25) is 0 Å². The molecule has 0 amide bonds. The summed E-state index contributed by atoms with van der Waals surface area (Å²) in [6.07, 6.45) is 4.71. The van der Waals surface area contributed by atoms with Gasteiger partial charge in [0, 0.05) is 25.4 Å². The van der Waals surface area contributed by atoms with E-state index < -0.39 is 0 Å². The van der Waals surface area contributed by atoms with E-state index in [4.69, 9.17) is 0 Å². The van der Waals surface area contributed by atoms with Crippen molar-refractivity contribution in [3.8, 4) is 0 Å². The van der Waals surface area contributed by atoms with Crippen LogP contribution in [0.25, 0.3) is 0 Å². The average molecular weight is 223 g/mol. The molecule has 0 bridgehead atoms. The van der Waals surface area contributed by atoms with E-state index in [1.807, 2.05) is 6.92 Å². The summed E-state index contributed by atoms with van der Waals surface area (Å²) >= 11 is 0. The maximum atomic E-state index is 10.8. The second kappa shape index (κ2) is 6.90. The molecule has 1 rings (SSSR count). The Morgan fingerprint density at radius 1 is 1.44 bits per heavy atom. The van der Waals surface area contributed by atoms with E-state index in [1.54, 1.807) is 12.4 Å². The molecule has 1 N–H and O–H groups in total. The average Bonchev–Trinajstić information content (AvgIpc) is 2.31. The predicted molar refractivity (Wildman–Crippen MR) is 59.7 cm³/mol. The summed E-state index contributed by atoms with van der Waals surface area (Å²) in [5.74, 6) is -0.170. The van der Waals surface area contributed by atoms with Gasteiger partial charge < -0.3 is 10.1 Å². The van der Waals surface area contributed by atoms with Crippen LogP contribution in [0, 0.1) is 6.92 Å². The van der Waals surface area contributed by atoms with E-state index in [1.165, 1.54) is 7.11 Å². The second-order valence-electron chi connectivity index (χ2n) is 3.51. The maximum Gasteiger partial charge on any atom is 0.305 e. The normalized spacial score (nSPS) is 10.1. The van der Waals surface area contributed by atoms with Crippen LogP contribution < -0.4 is 5.32 Å². The molecule has 1 aromatic rings. The number of nitrogens with zero attached hydrogens (tertiary/aromatic N) is 2. The molecule has 0 unspecified atom stereocenters. The van der Waals surface area contributed by atoms with Gasteiger partial charge in [-0.05, 0) is 19.9 Å². The Hall–Kier alpha value is -1.49. The van der Waals surface area contributed by atoms with Crippen LogP contribution >= 0.6 is 0 Å². The van der Waals surface area contributed by atoms with Gasteiger partial charge in [0.25, 0.3) is 0 Å². The molecular formula is C11H17N3O2. The first-order chi connectivity index (χ1) is 7.72. The van der Waals surface area contributed by atoms with E-state index in [0.717, 1.165) is 24.4 Å². The zero-order chi connectivity index (χ0) is 11.8. The van der Waals surface area contributed by atoms with Gasteiger partial charge in [-0.3, -0.25) is 14.8 Å². The van der Waals surface area contributed by atoms with Gasteiger partial charge in [-0.1, -0.05) is 0 Å². The molecule has 0 aliphatic carbocycles. The summed E-state index contributed by atoms with van der Waals surface area (Å²) in [6, 6.07) is 0. The molecule has 0 fully saturated rings. The number of carbonyl (C=O) groups excluding carboxylic acids is 1. The Kier molecular flexibility index (Phi) is 5.42. The third-order valence-electron chi connectivity index (χ3n) is 2.10. The van der Waals surface area contributed by atoms with E-state index in [9.17, 15) is 4.79 Å². The van der Waals surface area contributed by atoms with Crippen molar-refractivity contribution in [1.29, 1.82) is 0 Å². The monoisotopic (exact) mass is 223 g/mol. The van der Waals surface area contributed by atoms with Crippen LogP contribution in [0.1, 0.15) is 24.2 Å². The molecule has 0 spiro atoms. The van der Waals surface area contributed by atoms with Gasteiger partial charge in [0.05, 0.1) is 18.5 Å². The summed E-state index contributed by atoms with van der Waals surface area (Å²) in [4.78, 5) is 19.2. The molecule has 88 valence electrons. The third-order valence-corrected chi connectivity index (χ3v) is 2.10. The molecular weight excluding hydrogens is 206 g/mol. The molecule has 0 aliphatic rings. The first-order valence-electron chi connectivity index (χ1n) is 5.27. The van der Waals surface area contributed by atoms with Gasteiger partial charge in [0.15, 0.2) is 0 Å². The van der Waals surface area contributed by atoms with Crippen molar-refractivity contribution >= 4 is 5.97 Å². The number of ether oxygens (including phenoxy) is 1. The van der Waals surface area contributed by atoms with Crippen molar-refractivity contribution < 1.29 is 9.53 Å². The SMILES string of the molecule is COC(=O)CCCNCc1cnc(C)cn1. The molecule has 0 aliphatic heterocycles. The van der Waals surface area contributed by atoms with Gasteiger partial charge in [-0.15, -0.1) is 0 Å². The predicted octanol–water partition coefficient (Wildman–Crippen LogP) is 0.828. The highest BCUT2D eigenvalue weighted by Crippen LogP contribution is 1.94. The number of aryl methyl sites for hydroxylation is 1. The summed E-state index contributed by atoms with van der Waals surface area (Å²) in [6.45, 7) is 3.35. The molecule has 1 heterocycles. The zero-order valence-electron chi connectivity index (χ0n) is 9.69. The molecule has 0 saturated carbocycles. The van der Waals surface area contributed by atoms with Crippen LogP contribution in [-0.4, -0.2) is 29.6 Å². The minimum Gasteiger partial charge on any atom is -0.469 e. The van der Waals surface area contributed by atoms with E-state index >= 15 is 0 Å². The molecule has 16 heavy (non-hydrogen) atoms. The Labute approximate surface area is 95.3 Å². The van der Waals surface area contributed by atoms with Crippen molar-refractivity contribution in [2.75, 3.05) is 13.7 Å². The van der Waals surface area contributed by atoms with Crippen LogP contribution in [0.15, 0.2) is 12.4 Å². The molecule has 0 radical (unpaired) electrons. The molecule has 0 saturated heterocycles. The maximum absolute atomic E-state index is 10.8. The lowest BCUT2D eigenvalue weighted by Gasteiger charge is -2.03. The highest BCUT2D eigenvalue weighted by Gasteiger charge is 1.99. The Morgan fingerprint density at radius 2 is 2.25 bits per heavy atom. The van der Waals surface area contributed by atoms with Gasteiger partial charge in [0.2, 0.25) is 0 Å². The largest absolute Gasteiger partial charge is 0.469 e. The summed E-state index contributed by atoms with van der Waals surface area (Å²) in [7, 11) is 1.40. The Morgan fingerprint density at radius 3 is 2.88 bits per heavy atom. The quantitative estimate of drug-likeness (QED) is 0.571. The number of hydrogen-bond donors (Lipinski definition) is 1. The minimum absolute atomic E-state index is 0.170. The minimum atomic E-state index is -0.170. The highest BCUT2D eigenvalue weighted by atomic mass is 16.5. The number of esters is 1. The number of carbonyl (C=O) groups is 1. The number of methoxy groups -OCH3 is 1. The smallest absolute Gasteiger partial charge is 0.305 e. The number of nitrogens with one attached hydrogen (secondary N) is 1. The van der Waals surface area contributed by atoms with E-state index in [0.29, 0.717) is 13.0 Å². The van der Waals surface area contributed by atoms with Crippen LogP contribution in [0.4, 0.5) is 0 Å². The van der Waals surface area contributed by atoms with Gasteiger partial charge in [-0.25, -0.2) is 0 Å². The van der Waals surface area contributed by atoms with Crippen LogP contribution in [0.5, 0.6) is 0 Å². The summed E-state index contributed by atoms with van der Waals surface area (Å²) in [5.41, 5.74) is 1.82. The molecule has 5 nitrogen and oxygen atoms in total. The van der Waals surface area contributed by atoms with E-state index in [2.05, 4.69) is 20.0 Å². The number of hydrogen-bond acceptors (Lipinski definition) is 5. The van der Waals surface area contributed by atoms with Crippen molar-refractivity contribution in [3.63, 3.8) is 0 Å². The fourth-order valence-corrected chi connectivity index (χ4v) is 1.19. The van der Waals surface area contributed by atoms with Crippen molar-refractivity contribution in [1.82, 2.24) is 15.3 Å². The van der Waals surface area contributed by atoms with Gasteiger partial charge >= 0.3 is 5.97 Å². The lowest BCUT2D eigenvalue weighted by molar-refractivity contribution is -0.140.